The van der Waals surface area contributed by atoms with Crippen LogP contribution in [0, 0.1) is 5.41 Å². The maximum atomic E-state index is 11.2. The molecule has 2 aromatic rings. The second-order valence-corrected chi connectivity index (χ2v) is 7.13. The standard InChI is InChI=1S/C15H21N5O4/c1-4-7(21)9-14(22)13(2,3)15(14,23)12(24-9)20-6-19-8-10(16)17-5-18-11(8)20/h5-7,9,12,21-23H,4H2,1-3H3,(H2,16,17,18)/t7?,9-,12-,14-,15+/m1/s1. The maximum absolute atomic E-state index is 11.2. The minimum atomic E-state index is -1.58. The van der Waals surface area contributed by atoms with Crippen molar-refractivity contribution in [3.05, 3.63) is 12.7 Å². The summed E-state index contributed by atoms with van der Waals surface area (Å²) >= 11 is 0. The highest BCUT2D eigenvalue weighted by atomic mass is 16.6. The van der Waals surface area contributed by atoms with Crippen molar-refractivity contribution in [2.45, 2.75) is 56.8 Å². The molecule has 1 unspecified atom stereocenters. The summed E-state index contributed by atoms with van der Waals surface area (Å²) in [7, 11) is 0. The van der Waals surface area contributed by atoms with Gasteiger partial charge in [0.1, 0.15) is 29.2 Å². The summed E-state index contributed by atoms with van der Waals surface area (Å²) in [5, 5.41) is 32.6. The van der Waals surface area contributed by atoms with Crippen LogP contribution in [0.1, 0.15) is 33.4 Å². The number of hydrogen-bond acceptors (Lipinski definition) is 8. The van der Waals surface area contributed by atoms with Gasteiger partial charge in [-0.1, -0.05) is 20.8 Å². The lowest BCUT2D eigenvalue weighted by Crippen LogP contribution is -2.42. The number of aromatic nitrogens is 4. The van der Waals surface area contributed by atoms with Gasteiger partial charge in [-0.3, -0.25) is 4.57 Å². The largest absolute Gasteiger partial charge is 0.390 e. The number of hydrogen-bond donors (Lipinski definition) is 4. The minimum Gasteiger partial charge on any atom is -0.390 e. The molecule has 0 spiro atoms. The Morgan fingerprint density at radius 1 is 1.29 bits per heavy atom. The first-order valence-electron chi connectivity index (χ1n) is 7.93. The number of aliphatic hydroxyl groups excluding tert-OH is 1. The molecule has 9 nitrogen and oxygen atoms in total. The van der Waals surface area contributed by atoms with E-state index < -0.39 is 35.1 Å². The molecule has 0 aromatic carbocycles. The molecule has 0 amide bonds. The van der Waals surface area contributed by atoms with Crippen LogP contribution in [0.5, 0.6) is 0 Å². The molecule has 0 radical (unpaired) electrons. The van der Waals surface area contributed by atoms with E-state index >= 15 is 0 Å². The molecule has 3 heterocycles. The van der Waals surface area contributed by atoms with E-state index in [1.807, 2.05) is 0 Å². The van der Waals surface area contributed by atoms with Crippen molar-refractivity contribution >= 4 is 17.0 Å². The third kappa shape index (κ3) is 1.43. The fourth-order valence-corrected chi connectivity index (χ4v) is 4.19. The maximum Gasteiger partial charge on any atom is 0.169 e. The molecule has 24 heavy (non-hydrogen) atoms. The summed E-state index contributed by atoms with van der Waals surface area (Å²) in [5.74, 6) is 0.221. The van der Waals surface area contributed by atoms with Gasteiger partial charge < -0.3 is 25.8 Å². The predicted octanol–water partition coefficient (Wildman–Crippen LogP) is -0.421. The Morgan fingerprint density at radius 2 is 2.00 bits per heavy atom. The van der Waals surface area contributed by atoms with E-state index in [0.717, 1.165) is 0 Å². The third-order valence-corrected chi connectivity index (χ3v) is 5.88. The molecule has 1 saturated carbocycles. The van der Waals surface area contributed by atoms with Crippen LogP contribution in [0.25, 0.3) is 11.2 Å². The van der Waals surface area contributed by atoms with Gasteiger partial charge in [0.2, 0.25) is 0 Å². The highest BCUT2D eigenvalue weighted by Gasteiger charge is 2.93. The zero-order valence-corrected chi connectivity index (χ0v) is 13.7. The Balaban J connectivity index is 1.86. The predicted molar refractivity (Wildman–Crippen MR) is 83.6 cm³/mol. The fourth-order valence-electron chi connectivity index (χ4n) is 4.19. The average Bonchev–Trinajstić information content (AvgIpc) is 2.93. The summed E-state index contributed by atoms with van der Waals surface area (Å²) in [5.41, 5.74) is 2.60. The number of nitrogen functional groups attached to an aromatic ring is 1. The van der Waals surface area contributed by atoms with Crippen LogP contribution >= 0.6 is 0 Å². The molecule has 130 valence electrons. The number of nitrogens with two attached hydrogens (primary N) is 1. The topological polar surface area (TPSA) is 140 Å². The number of anilines is 1. The molecule has 5 atom stereocenters. The molecule has 1 aliphatic heterocycles. The van der Waals surface area contributed by atoms with E-state index in [4.69, 9.17) is 10.5 Å². The van der Waals surface area contributed by atoms with Crippen molar-refractivity contribution in [3.63, 3.8) is 0 Å². The summed E-state index contributed by atoms with van der Waals surface area (Å²) < 4.78 is 7.42. The van der Waals surface area contributed by atoms with Crippen molar-refractivity contribution < 1.29 is 20.1 Å². The van der Waals surface area contributed by atoms with E-state index in [-0.39, 0.29) is 5.82 Å². The molecule has 4 rings (SSSR count). The van der Waals surface area contributed by atoms with Gasteiger partial charge in [0.15, 0.2) is 17.7 Å². The van der Waals surface area contributed by atoms with Crippen molar-refractivity contribution in [1.82, 2.24) is 19.5 Å². The first-order chi connectivity index (χ1) is 11.2. The minimum absolute atomic E-state index is 0.221. The Labute approximate surface area is 138 Å². The molecular formula is C15H21N5O4. The molecule has 2 fully saturated rings. The van der Waals surface area contributed by atoms with Gasteiger partial charge in [-0.15, -0.1) is 0 Å². The summed E-state index contributed by atoms with van der Waals surface area (Å²) in [4.78, 5) is 12.2. The van der Waals surface area contributed by atoms with Crippen molar-refractivity contribution in [2.75, 3.05) is 5.73 Å². The molecule has 0 bridgehead atoms. The molecule has 2 aliphatic rings. The Hall–Kier alpha value is -1.81. The molecule has 5 N–H and O–H groups in total. The van der Waals surface area contributed by atoms with Crippen LogP contribution < -0.4 is 5.73 Å². The van der Waals surface area contributed by atoms with Crippen molar-refractivity contribution in [2.24, 2.45) is 5.41 Å². The van der Waals surface area contributed by atoms with Crippen LogP contribution in [0.4, 0.5) is 5.82 Å². The Kier molecular flexibility index (Phi) is 2.89. The summed E-state index contributed by atoms with van der Waals surface area (Å²) in [6.45, 7) is 5.29. The molecule has 1 saturated heterocycles. The lowest BCUT2D eigenvalue weighted by Gasteiger charge is -2.29. The Bertz CT molecular complexity index is 823. The zero-order valence-electron chi connectivity index (χ0n) is 13.7. The SMILES string of the molecule is CCC(O)[C@H]1O[C@@H](n2cnc3c(N)ncnc32)[C@]2(O)C(C)(C)[C@]12O. The van der Waals surface area contributed by atoms with Gasteiger partial charge in [0.25, 0.3) is 0 Å². The normalized spacial score (nSPS) is 38.2. The fraction of sp³-hybridized carbons (Fsp3) is 0.667. The average molecular weight is 335 g/mol. The van der Waals surface area contributed by atoms with Crippen LogP contribution in [-0.4, -0.2) is 58.2 Å². The number of aliphatic hydroxyl groups is 3. The Morgan fingerprint density at radius 3 is 2.67 bits per heavy atom. The van der Waals surface area contributed by atoms with Gasteiger partial charge in [0.05, 0.1) is 12.4 Å². The second kappa shape index (κ2) is 4.42. The highest BCUT2D eigenvalue weighted by Crippen LogP contribution is 2.76. The van der Waals surface area contributed by atoms with Gasteiger partial charge in [-0.25, -0.2) is 15.0 Å². The summed E-state index contributed by atoms with van der Waals surface area (Å²) in [6.07, 6.45) is 0.395. The van der Waals surface area contributed by atoms with E-state index in [2.05, 4.69) is 15.0 Å². The number of ether oxygens (including phenoxy) is 1. The number of rotatable bonds is 3. The first-order valence-corrected chi connectivity index (χ1v) is 7.93. The lowest BCUT2D eigenvalue weighted by molar-refractivity contribution is -0.146. The molecule has 2 aromatic heterocycles. The van der Waals surface area contributed by atoms with Crippen LogP contribution in [-0.2, 0) is 4.74 Å². The van der Waals surface area contributed by atoms with Crippen LogP contribution in [0.3, 0.4) is 0 Å². The van der Waals surface area contributed by atoms with Crippen LogP contribution in [0.15, 0.2) is 12.7 Å². The second-order valence-electron chi connectivity index (χ2n) is 7.13. The molecule has 9 heteroatoms. The van der Waals surface area contributed by atoms with Crippen LogP contribution in [0.2, 0.25) is 0 Å². The molecule has 1 aliphatic carbocycles. The summed E-state index contributed by atoms with van der Waals surface area (Å²) in [6, 6.07) is 0. The van der Waals surface area contributed by atoms with Gasteiger partial charge in [-0.05, 0) is 6.42 Å². The van der Waals surface area contributed by atoms with E-state index in [1.165, 1.54) is 17.2 Å². The quantitative estimate of drug-likeness (QED) is 0.593. The van der Waals surface area contributed by atoms with E-state index in [9.17, 15) is 15.3 Å². The van der Waals surface area contributed by atoms with Gasteiger partial charge in [0, 0.05) is 5.41 Å². The van der Waals surface area contributed by atoms with E-state index in [0.29, 0.717) is 17.6 Å². The lowest BCUT2D eigenvalue weighted by atomic mass is 9.96. The molecular weight excluding hydrogens is 314 g/mol. The number of fused-ring (bicyclic) bond motifs is 2. The monoisotopic (exact) mass is 335 g/mol. The smallest absolute Gasteiger partial charge is 0.169 e. The van der Waals surface area contributed by atoms with Crippen molar-refractivity contribution in [1.29, 1.82) is 0 Å². The van der Waals surface area contributed by atoms with Crippen molar-refractivity contribution in [3.8, 4) is 0 Å². The van der Waals surface area contributed by atoms with Gasteiger partial charge in [-0.2, -0.15) is 0 Å². The zero-order chi connectivity index (χ0) is 17.5. The third-order valence-electron chi connectivity index (χ3n) is 5.88. The first kappa shape index (κ1) is 15.7. The number of imidazole rings is 1. The number of nitrogens with zero attached hydrogens (tertiary/aromatic N) is 4. The van der Waals surface area contributed by atoms with E-state index in [1.54, 1.807) is 20.8 Å². The van der Waals surface area contributed by atoms with Gasteiger partial charge >= 0.3 is 0 Å². The highest BCUT2D eigenvalue weighted by molar-refractivity contribution is 5.81.